The van der Waals surface area contributed by atoms with Crippen LogP contribution in [0.2, 0.25) is 0 Å². The molecule has 1 N–H and O–H groups in total. The van der Waals surface area contributed by atoms with E-state index in [2.05, 4.69) is 36.8 Å². The van der Waals surface area contributed by atoms with Gasteiger partial charge in [0.05, 0.1) is 28.2 Å². The molecule has 0 bridgehead atoms. The number of hydrogen-bond donors (Lipinski definition) is 1. The van der Waals surface area contributed by atoms with Crippen LogP contribution in [-0.2, 0) is 0 Å². The fraction of sp³-hybridized carbons (Fsp3) is 0.0435. The van der Waals surface area contributed by atoms with Crippen LogP contribution in [0.4, 0.5) is 0 Å². The Morgan fingerprint density at radius 1 is 1.03 bits per heavy atom. The highest BCUT2D eigenvalue weighted by Gasteiger charge is 2.12. The molecule has 0 saturated carbocycles. The standard InChI is InChI=1S/C23H16Br2N2O3/c1-30-17-9-7-16(8-10-17)27-21(26-20-5-3-2-4-18(20)23(27)29)11-6-14-12-15(24)13-19(25)22(14)28/h2-13,28H,1H3/b11-6+. The van der Waals surface area contributed by atoms with Crippen LogP contribution in [0.25, 0.3) is 28.7 Å². The van der Waals surface area contributed by atoms with Gasteiger partial charge in [-0.25, -0.2) is 4.98 Å². The molecule has 0 aliphatic rings. The van der Waals surface area contributed by atoms with E-state index in [1.807, 2.05) is 12.1 Å². The van der Waals surface area contributed by atoms with Crippen molar-refractivity contribution in [2.45, 2.75) is 0 Å². The molecule has 0 saturated heterocycles. The van der Waals surface area contributed by atoms with Crippen LogP contribution in [0.3, 0.4) is 0 Å². The molecule has 150 valence electrons. The molecule has 4 aromatic rings. The van der Waals surface area contributed by atoms with Crippen LogP contribution in [0.1, 0.15) is 11.4 Å². The normalized spacial score (nSPS) is 11.3. The molecule has 0 radical (unpaired) electrons. The lowest BCUT2D eigenvalue weighted by Crippen LogP contribution is -2.22. The van der Waals surface area contributed by atoms with Crippen molar-refractivity contribution < 1.29 is 9.84 Å². The van der Waals surface area contributed by atoms with Gasteiger partial charge in [0.1, 0.15) is 17.3 Å². The van der Waals surface area contributed by atoms with Gasteiger partial charge in [0, 0.05) is 10.0 Å². The molecule has 0 unspecified atom stereocenters. The number of aromatic nitrogens is 2. The topological polar surface area (TPSA) is 64.3 Å². The van der Waals surface area contributed by atoms with E-state index in [0.29, 0.717) is 38.2 Å². The molecule has 0 amide bonds. The summed E-state index contributed by atoms with van der Waals surface area (Å²) in [5, 5.41) is 10.9. The van der Waals surface area contributed by atoms with Crippen molar-refractivity contribution >= 4 is 54.9 Å². The quantitative estimate of drug-likeness (QED) is 0.364. The van der Waals surface area contributed by atoms with E-state index in [1.165, 1.54) is 0 Å². The van der Waals surface area contributed by atoms with Gasteiger partial charge in [0.15, 0.2) is 0 Å². The highest BCUT2D eigenvalue weighted by Crippen LogP contribution is 2.33. The molecule has 0 atom stereocenters. The first-order chi connectivity index (χ1) is 14.5. The number of methoxy groups -OCH3 is 1. The number of ether oxygens (including phenoxy) is 1. The van der Waals surface area contributed by atoms with E-state index in [0.717, 1.165) is 4.47 Å². The summed E-state index contributed by atoms with van der Waals surface area (Å²) in [5.41, 5.74) is 1.68. The predicted octanol–water partition coefficient (Wildman–Crippen LogP) is 5.80. The average molecular weight is 528 g/mol. The van der Waals surface area contributed by atoms with Gasteiger partial charge >= 0.3 is 0 Å². The van der Waals surface area contributed by atoms with Crippen molar-refractivity contribution in [1.29, 1.82) is 0 Å². The maximum atomic E-state index is 13.3. The summed E-state index contributed by atoms with van der Waals surface area (Å²) in [6, 6.07) is 18.0. The van der Waals surface area contributed by atoms with Crippen molar-refractivity contribution in [3.63, 3.8) is 0 Å². The number of aromatic hydroxyl groups is 1. The lowest BCUT2D eigenvalue weighted by atomic mass is 10.1. The summed E-state index contributed by atoms with van der Waals surface area (Å²) in [6.45, 7) is 0. The minimum absolute atomic E-state index is 0.105. The summed E-state index contributed by atoms with van der Waals surface area (Å²) in [4.78, 5) is 18.0. The number of phenolic OH excluding ortho intramolecular Hbond substituents is 1. The first-order valence-electron chi connectivity index (χ1n) is 9.00. The largest absolute Gasteiger partial charge is 0.506 e. The molecule has 4 rings (SSSR count). The second kappa shape index (κ2) is 8.45. The Morgan fingerprint density at radius 3 is 2.50 bits per heavy atom. The third-order valence-electron chi connectivity index (χ3n) is 4.60. The average Bonchev–Trinajstić information content (AvgIpc) is 2.75. The van der Waals surface area contributed by atoms with Gasteiger partial charge in [0.25, 0.3) is 5.56 Å². The van der Waals surface area contributed by atoms with Crippen LogP contribution in [-0.4, -0.2) is 21.8 Å². The van der Waals surface area contributed by atoms with Crippen molar-refractivity contribution in [3.8, 4) is 17.2 Å². The summed E-state index contributed by atoms with van der Waals surface area (Å²) in [7, 11) is 1.59. The first kappa shape index (κ1) is 20.4. The Morgan fingerprint density at radius 2 is 1.77 bits per heavy atom. The highest BCUT2D eigenvalue weighted by molar-refractivity contribution is 9.11. The lowest BCUT2D eigenvalue weighted by Gasteiger charge is -2.12. The molecule has 0 fully saturated rings. The van der Waals surface area contributed by atoms with Crippen molar-refractivity contribution in [1.82, 2.24) is 9.55 Å². The SMILES string of the molecule is COc1ccc(-n2c(/C=C/c3cc(Br)cc(Br)c3O)nc3ccccc3c2=O)cc1. The maximum absolute atomic E-state index is 13.3. The minimum Gasteiger partial charge on any atom is -0.506 e. The molecular weight excluding hydrogens is 512 g/mol. The summed E-state index contributed by atoms with van der Waals surface area (Å²) < 4.78 is 8.14. The lowest BCUT2D eigenvalue weighted by molar-refractivity contribution is 0.414. The van der Waals surface area contributed by atoms with E-state index >= 15 is 0 Å². The molecule has 1 heterocycles. The summed E-state index contributed by atoms with van der Waals surface area (Å²) in [5.74, 6) is 1.24. The van der Waals surface area contributed by atoms with Gasteiger partial charge in [-0.1, -0.05) is 28.1 Å². The second-order valence-electron chi connectivity index (χ2n) is 6.48. The Kier molecular flexibility index (Phi) is 5.74. The predicted molar refractivity (Wildman–Crippen MR) is 126 cm³/mol. The molecule has 0 spiro atoms. The number of para-hydroxylation sites is 1. The fourth-order valence-electron chi connectivity index (χ4n) is 3.12. The number of phenols is 1. The molecule has 5 nitrogen and oxygen atoms in total. The molecule has 1 aromatic heterocycles. The Balaban J connectivity index is 1.93. The molecule has 0 aliphatic heterocycles. The smallest absolute Gasteiger partial charge is 0.266 e. The zero-order chi connectivity index (χ0) is 21.3. The molecule has 0 aliphatic carbocycles. The minimum atomic E-state index is -0.176. The number of halogens is 2. The molecule has 30 heavy (non-hydrogen) atoms. The van der Waals surface area contributed by atoms with E-state index in [1.54, 1.807) is 72.4 Å². The van der Waals surface area contributed by atoms with Crippen LogP contribution >= 0.6 is 31.9 Å². The fourth-order valence-corrected chi connectivity index (χ4v) is 4.38. The first-order valence-corrected chi connectivity index (χ1v) is 10.6. The maximum Gasteiger partial charge on any atom is 0.266 e. The molecule has 7 heteroatoms. The summed E-state index contributed by atoms with van der Waals surface area (Å²) in [6.07, 6.45) is 3.44. The highest BCUT2D eigenvalue weighted by atomic mass is 79.9. The third kappa shape index (κ3) is 3.91. The zero-order valence-electron chi connectivity index (χ0n) is 15.8. The van der Waals surface area contributed by atoms with Gasteiger partial charge in [-0.05, 0) is 76.6 Å². The van der Waals surface area contributed by atoms with E-state index in [-0.39, 0.29) is 11.3 Å². The van der Waals surface area contributed by atoms with Crippen molar-refractivity contribution in [2.24, 2.45) is 0 Å². The van der Waals surface area contributed by atoms with Gasteiger partial charge < -0.3 is 9.84 Å². The van der Waals surface area contributed by atoms with Gasteiger partial charge in [-0.2, -0.15) is 0 Å². The van der Waals surface area contributed by atoms with Crippen LogP contribution in [0, 0.1) is 0 Å². The van der Waals surface area contributed by atoms with Crippen molar-refractivity contribution in [3.05, 3.63) is 91.4 Å². The Bertz CT molecular complexity index is 1330. The monoisotopic (exact) mass is 526 g/mol. The number of fused-ring (bicyclic) bond motifs is 1. The van der Waals surface area contributed by atoms with Crippen LogP contribution in [0.5, 0.6) is 11.5 Å². The van der Waals surface area contributed by atoms with E-state index in [9.17, 15) is 9.90 Å². The van der Waals surface area contributed by atoms with E-state index in [4.69, 9.17) is 4.74 Å². The second-order valence-corrected chi connectivity index (χ2v) is 8.25. The number of nitrogens with zero attached hydrogens (tertiary/aromatic N) is 2. The van der Waals surface area contributed by atoms with Crippen LogP contribution in [0.15, 0.2) is 74.4 Å². The van der Waals surface area contributed by atoms with Gasteiger partial charge in [-0.3, -0.25) is 9.36 Å². The number of hydrogen-bond acceptors (Lipinski definition) is 4. The molecule has 3 aromatic carbocycles. The molecular formula is C23H16Br2N2O3. The van der Waals surface area contributed by atoms with Gasteiger partial charge in [0.2, 0.25) is 0 Å². The Hall–Kier alpha value is -2.90. The third-order valence-corrected chi connectivity index (χ3v) is 5.66. The zero-order valence-corrected chi connectivity index (χ0v) is 19.0. The number of rotatable bonds is 4. The van der Waals surface area contributed by atoms with Crippen molar-refractivity contribution in [2.75, 3.05) is 7.11 Å². The van der Waals surface area contributed by atoms with Crippen LogP contribution < -0.4 is 10.3 Å². The van der Waals surface area contributed by atoms with E-state index < -0.39 is 0 Å². The Labute approximate surface area is 189 Å². The summed E-state index contributed by atoms with van der Waals surface area (Å²) >= 11 is 6.76. The van der Waals surface area contributed by atoms with Gasteiger partial charge in [-0.15, -0.1) is 0 Å². The number of benzene rings is 3.